The van der Waals surface area contributed by atoms with Gasteiger partial charge in [-0.2, -0.15) is 0 Å². The van der Waals surface area contributed by atoms with Crippen molar-refractivity contribution in [2.75, 3.05) is 0 Å². The summed E-state index contributed by atoms with van der Waals surface area (Å²) in [4.78, 5) is 0. The summed E-state index contributed by atoms with van der Waals surface area (Å²) >= 11 is 3.40. The normalized spacial score (nSPS) is 12.5. The first-order valence-electron chi connectivity index (χ1n) is 5.59. The molecule has 1 atom stereocenters. The van der Waals surface area contributed by atoms with Crippen LogP contribution in [0, 0.1) is 13.8 Å². The Morgan fingerprint density at radius 3 is 2.29 bits per heavy atom. The predicted octanol–water partition coefficient (Wildman–Crippen LogP) is 4.15. The minimum absolute atomic E-state index is 0.553. The van der Waals surface area contributed by atoms with Gasteiger partial charge >= 0.3 is 0 Å². The van der Waals surface area contributed by atoms with Crippen molar-refractivity contribution in [3.05, 3.63) is 69.2 Å². The van der Waals surface area contributed by atoms with Crippen LogP contribution in [-0.2, 0) is 0 Å². The molecule has 0 aliphatic rings. The van der Waals surface area contributed by atoms with Gasteiger partial charge in [0.1, 0.15) is 6.10 Å². The van der Waals surface area contributed by atoms with Crippen LogP contribution in [0.25, 0.3) is 0 Å². The number of halogens is 1. The molecular formula is C15H15BrO. The minimum Gasteiger partial charge on any atom is -0.384 e. The molecular weight excluding hydrogens is 276 g/mol. The van der Waals surface area contributed by atoms with Crippen molar-refractivity contribution in [2.24, 2.45) is 0 Å². The maximum Gasteiger partial charge on any atom is 0.104 e. The average Bonchev–Trinajstić information content (AvgIpc) is 2.33. The Labute approximate surface area is 110 Å². The maximum atomic E-state index is 10.4. The summed E-state index contributed by atoms with van der Waals surface area (Å²) in [6.07, 6.45) is -0.553. The molecule has 0 bridgehead atoms. The second-order valence-electron chi connectivity index (χ2n) is 4.24. The molecule has 0 radical (unpaired) electrons. The van der Waals surface area contributed by atoms with E-state index in [4.69, 9.17) is 0 Å². The molecule has 17 heavy (non-hydrogen) atoms. The van der Waals surface area contributed by atoms with E-state index in [2.05, 4.69) is 28.9 Å². The first-order valence-corrected chi connectivity index (χ1v) is 6.38. The van der Waals surface area contributed by atoms with Gasteiger partial charge in [-0.3, -0.25) is 0 Å². The van der Waals surface area contributed by atoms with E-state index < -0.39 is 6.10 Å². The van der Waals surface area contributed by atoms with Crippen LogP contribution in [0.15, 0.2) is 46.9 Å². The quantitative estimate of drug-likeness (QED) is 0.881. The molecule has 1 nitrogen and oxygen atoms in total. The number of benzene rings is 2. The number of hydrogen-bond donors (Lipinski definition) is 1. The molecule has 0 aliphatic carbocycles. The number of hydrogen-bond acceptors (Lipinski definition) is 1. The van der Waals surface area contributed by atoms with E-state index in [9.17, 15) is 5.11 Å². The van der Waals surface area contributed by atoms with Gasteiger partial charge in [-0.15, -0.1) is 0 Å². The monoisotopic (exact) mass is 290 g/mol. The molecule has 0 spiro atoms. The zero-order valence-electron chi connectivity index (χ0n) is 9.94. The lowest BCUT2D eigenvalue weighted by molar-refractivity contribution is 0.219. The highest BCUT2D eigenvalue weighted by atomic mass is 79.9. The second kappa shape index (κ2) is 5.03. The van der Waals surface area contributed by atoms with Crippen molar-refractivity contribution < 1.29 is 5.11 Å². The molecule has 1 unspecified atom stereocenters. The smallest absolute Gasteiger partial charge is 0.104 e. The molecule has 1 N–H and O–H groups in total. The van der Waals surface area contributed by atoms with Crippen molar-refractivity contribution in [3.63, 3.8) is 0 Å². The van der Waals surface area contributed by atoms with Gasteiger partial charge in [-0.1, -0.05) is 46.3 Å². The molecule has 0 fully saturated rings. The summed E-state index contributed by atoms with van der Waals surface area (Å²) in [5.74, 6) is 0. The van der Waals surface area contributed by atoms with Crippen molar-refractivity contribution >= 4 is 15.9 Å². The summed E-state index contributed by atoms with van der Waals surface area (Å²) in [7, 11) is 0. The Kier molecular flexibility index (Phi) is 3.65. The molecule has 2 rings (SSSR count). The Morgan fingerprint density at radius 1 is 1.00 bits per heavy atom. The molecule has 0 amide bonds. The molecule has 0 saturated carbocycles. The van der Waals surface area contributed by atoms with Crippen LogP contribution in [0.3, 0.4) is 0 Å². The van der Waals surface area contributed by atoms with Crippen LogP contribution >= 0.6 is 15.9 Å². The van der Waals surface area contributed by atoms with Gasteiger partial charge in [0.25, 0.3) is 0 Å². The fourth-order valence-corrected chi connectivity index (χ4v) is 2.16. The fourth-order valence-electron chi connectivity index (χ4n) is 1.89. The lowest BCUT2D eigenvalue weighted by atomic mass is 9.95. The summed E-state index contributed by atoms with van der Waals surface area (Å²) in [6.45, 7) is 4.11. The number of aliphatic hydroxyl groups excluding tert-OH is 1. The van der Waals surface area contributed by atoms with Crippen molar-refractivity contribution in [3.8, 4) is 0 Å². The molecule has 88 valence electrons. The largest absolute Gasteiger partial charge is 0.384 e. The molecule has 0 aromatic heterocycles. The van der Waals surface area contributed by atoms with E-state index in [0.717, 1.165) is 21.2 Å². The van der Waals surface area contributed by atoms with Crippen molar-refractivity contribution in [1.82, 2.24) is 0 Å². The minimum atomic E-state index is -0.553. The third-order valence-corrected chi connectivity index (χ3v) is 3.66. The molecule has 2 aromatic rings. The Bertz CT molecular complexity index is 517. The van der Waals surface area contributed by atoms with Crippen molar-refractivity contribution in [2.45, 2.75) is 20.0 Å². The Balaban J connectivity index is 2.40. The van der Waals surface area contributed by atoms with Crippen LogP contribution in [-0.4, -0.2) is 5.11 Å². The van der Waals surface area contributed by atoms with E-state index in [1.807, 2.05) is 43.3 Å². The lowest BCUT2D eigenvalue weighted by Crippen LogP contribution is -2.02. The van der Waals surface area contributed by atoms with Gasteiger partial charge in [-0.25, -0.2) is 0 Å². The van der Waals surface area contributed by atoms with Gasteiger partial charge in [0.05, 0.1) is 0 Å². The van der Waals surface area contributed by atoms with Crippen LogP contribution in [0.2, 0.25) is 0 Å². The van der Waals surface area contributed by atoms with Crippen LogP contribution in [0.5, 0.6) is 0 Å². The van der Waals surface area contributed by atoms with Gasteiger partial charge in [0.2, 0.25) is 0 Å². The van der Waals surface area contributed by atoms with E-state index in [0.29, 0.717) is 0 Å². The van der Waals surface area contributed by atoms with Crippen LogP contribution in [0.4, 0.5) is 0 Å². The van der Waals surface area contributed by atoms with Gasteiger partial charge < -0.3 is 5.11 Å². The first kappa shape index (κ1) is 12.3. The fraction of sp³-hybridized carbons (Fsp3) is 0.200. The summed E-state index contributed by atoms with van der Waals surface area (Å²) in [5.41, 5.74) is 4.26. The Morgan fingerprint density at radius 2 is 1.65 bits per heavy atom. The van der Waals surface area contributed by atoms with Gasteiger partial charge in [-0.05, 0) is 48.2 Å². The van der Waals surface area contributed by atoms with Crippen molar-refractivity contribution in [1.29, 1.82) is 0 Å². The average molecular weight is 291 g/mol. The van der Waals surface area contributed by atoms with E-state index in [1.54, 1.807) is 0 Å². The Hall–Kier alpha value is -1.12. The topological polar surface area (TPSA) is 20.2 Å². The first-order chi connectivity index (χ1) is 8.09. The molecule has 2 aromatic carbocycles. The van der Waals surface area contributed by atoms with E-state index in [1.165, 1.54) is 5.56 Å². The highest BCUT2D eigenvalue weighted by molar-refractivity contribution is 9.10. The van der Waals surface area contributed by atoms with Crippen LogP contribution < -0.4 is 0 Å². The number of rotatable bonds is 2. The third kappa shape index (κ3) is 2.59. The molecule has 2 heteroatoms. The molecule has 0 aliphatic heterocycles. The van der Waals surface area contributed by atoms with E-state index >= 15 is 0 Å². The van der Waals surface area contributed by atoms with Gasteiger partial charge in [0.15, 0.2) is 0 Å². The molecule has 0 heterocycles. The summed E-state index contributed by atoms with van der Waals surface area (Å²) in [6, 6.07) is 13.8. The number of aryl methyl sites for hydroxylation is 1. The third-order valence-electron chi connectivity index (χ3n) is 3.13. The summed E-state index contributed by atoms with van der Waals surface area (Å²) < 4.78 is 1.02. The van der Waals surface area contributed by atoms with Gasteiger partial charge in [0, 0.05) is 4.47 Å². The molecule has 0 saturated heterocycles. The zero-order valence-corrected chi connectivity index (χ0v) is 11.5. The number of aliphatic hydroxyl groups is 1. The highest BCUT2D eigenvalue weighted by Gasteiger charge is 2.13. The second-order valence-corrected chi connectivity index (χ2v) is 5.16. The summed E-state index contributed by atoms with van der Waals surface area (Å²) in [5, 5.41) is 10.4. The SMILES string of the molecule is Cc1cccc(C(O)c2ccc(Br)cc2)c1C. The van der Waals surface area contributed by atoms with E-state index in [-0.39, 0.29) is 0 Å². The lowest BCUT2D eigenvalue weighted by Gasteiger charge is -2.15. The predicted molar refractivity (Wildman–Crippen MR) is 74.1 cm³/mol. The van der Waals surface area contributed by atoms with Crippen LogP contribution in [0.1, 0.15) is 28.4 Å². The standard InChI is InChI=1S/C15H15BrO/c1-10-4-3-5-14(11(10)2)15(17)12-6-8-13(16)9-7-12/h3-9,15,17H,1-2H3. The zero-order chi connectivity index (χ0) is 12.4. The maximum absolute atomic E-state index is 10.4. The highest BCUT2D eigenvalue weighted by Crippen LogP contribution is 2.27.